The zero-order valence-corrected chi connectivity index (χ0v) is 15.6. The van der Waals surface area contributed by atoms with Gasteiger partial charge in [-0.15, -0.1) is 0 Å². The van der Waals surface area contributed by atoms with Crippen molar-refractivity contribution in [2.24, 2.45) is 5.92 Å². The SMILES string of the molecule is COc1ccc(C(=O)N2CCC(C)CC2)cc1COCc1ccccc1. The lowest BCUT2D eigenvalue weighted by Crippen LogP contribution is -2.37. The molecule has 1 saturated heterocycles. The van der Waals surface area contributed by atoms with Crippen LogP contribution in [0.1, 0.15) is 41.3 Å². The summed E-state index contributed by atoms with van der Waals surface area (Å²) in [6, 6.07) is 15.7. The van der Waals surface area contributed by atoms with Gasteiger partial charge in [-0.05, 0) is 42.5 Å². The fourth-order valence-electron chi connectivity index (χ4n) is 3.27. The fourth-order valence-corrected chi connectivity index (χ4v) is 3.27. The second-order valence-electron chi connectivity index (χ2n) is 6.98. The average molecular weight is 353 g/mol. The molecule has 1 amide bonds. The highest BCUT2D eigenvalue weighted by Gasteiger charge is 2.22. The lowest BCUT2D eigenvalue weighted by Gasteiger charge is -2.30. The van der Waals surface area contributed by atoms with Gasteiger partial charge in [0.2, 0.25) is 0 Å². The van der Waals surface area contributed by atoms with Crippen LogP contribution in [0.4, 0.5) is 0 Å². The summed E-state index contributed by atoms with van der Waals surface area (Å²) in [4.78, 5) is 14.8. The van der Waals surface area contributed by atoms with Crippen molar-refractivity contribution in [2.75, 3.05) is 20.2 Å². The van der Waals surface area contributed by atoms with Crippen LogP contribution in [0.3, 0.4) is 0 Å². The highest BCUT2D eigenvalue weighted by molar-refractivity contribution is 5.94. The van der Waals surface area contributed by atoms with E-state index in [9.17, 15) is 4.79 Å². The molecule has 3 rings (SSSR count). The van der Waals surface area contributed by atoms with Crippen LogP contribution in [0.15, 0.2) is 48.5 Å². The first kappa shape index (κ1) is 18.5. The van der Waals surface area contributed by atoms with Crippen LogP contribution in [-0.2, 0) is 18.0 Å². The van der Waals surface area contributed by atoms with Gasteiger partial charge < -0.3 is 14.4 Å². The topological polar surface area (TPSA) is 38.8 Å². The summed E-state index contributed by atoms with van der Waals surface area (Å²) in [6.45, 7) is 4.87. The van der Waals surface area contributed by atoms with E-state index < -0.39 is 0 Å². The Morgan fingerprint density at radius 1 is 1.08 bits per heavy atom. The summed E-state index contributed by atoms with van der Waals surface area (Å²) in [5.41, 5.74) is 2.74. The van der Waals surface area contributed by atoms with Gasteiger partial charge in [-0.25, -0.2) is 0 Å². The second kappa shape index (κ2) is 8.86. The highest BCUT2D eigenvalue weighted by atomic mass is 16.5. The monoisotopic (exact) mass is 353 g/mol. The van der Waals surface area contributed by atoms with Gasteiger partial charge >= 0.3 is 0 Å². The Morgan fingerprint density at radius 3 is 2.50 bits per heavy atom. The second-order valence-corrected chi connectivity index (χ2v) is 6.98. The fraction of sp³-hybridized carbons (Fsp3) is 0.409. The van der Waals surface area contributed by atoms with Crippen LogP contribution in [0, 0.1) is 5.92 Å². The first-order valence-electron chi connectivity index (χ1n) is 9.25. The van der Waals surface area contributed by atoms with Crippen molar-refractivity contribution < 1.29 is 14.3 Å². The van der Waals surface area contributed by atoms with Crippen molar-refractivity contribution in [1.29, 1.82) is 0 Å². The minimum Gasteiger partial charge on any atom is -0.496 e. The summed E-state index contributed by atoms with van der Waals surface area (Å²) in [5, 5.41) is 0. The summed E-state index contributed by atoms with van der Waals surface area (Å²) >= 11 is 0. The number of methoxy groups -OCH3 is 1. The molecule has 0 N–H and O–H groups in total. The molecular weight excluding hydrogens is 326 g/mol. The largest absolute Gasteiger partial charge is 0.496 e. The number of benzene rings is 2. The number of rotatable bonds is 6. The lowest BCUT2D eigenvalue weighted by atomic mass is 9.98. The molecule has 0 spiro atoms. The van der Waals surface area contributed by atoms with Gasteiger partial charge in [-0.1, -0.05) is 37.3 Å². The molecule has 0 aliphatic carbocycles. The van der Waals surface area contributed by atoms with Crippen molar-refractivity contribution in [3.05, 3.63) is 65.2 Å². The standard InChI is InChI=1S/C22H27NO3/c1-17-10-12-23(13-11-17)22(24)19-8-9-21(25-2)20(14-19)16-26-15-18-6-4-3-5-7-18/h3-9,14,17H,10-13,15-16H2,1-2H3. The summed E-state index contributed by atoms with van der Waals surface area (Å²) in [6.07, 6.45) is 2.16. The predicted octanol–water partition coefficient (Wildman–Crippen LogP) is 4.28. The van der Waals surface area contributed by atoms with E-state index in [1.807, 2.05) is 53.4 Å². The van der Waals surface area contributed by atoms with Crippen LogP contribution in [0.2, 0.25) is 0 Å². The van der Waals surface area contributed by atoms with Gasteiger partial charge in [0.1, 0.15) is 5.75 Å². The van der Waals surface area contributed by atoms with Gasteiger partial charge in [-0.3, -0.25) is 4.79 Å². The predicted molar refractivity (Wildman–Crippen MR) is 102 cm³/mol. The minimum atomic E-state index is 0.101. The molecule has 0 saturated carbocycles. The van der Waals surface area contributed by atoms with Crippen LogP contribution in [0.25, 0.3) is 0 Å². The van der Waals surface area contributed by atoms with E-state index in [0.29, 0.717) is 24.7 Å². The molecule has 4 nitrogen and oxygen atoms in total. The smallest absolute Gasteiger partial charge is 0.253 e. The number of amides is 1. The molecule has 1 aliphatic heterocycles. The number of piperidine rings is 1. The third kappa shape index (κ3) is 4.64. The van der Waals surface area contributed by atoms with Crippen molar-refractivity contribution in [1.82, 2.24) is 4.90 Å². The van der Waals surface area contributed by atoms with Gasteiger partial charge in [0.25, 0.3) is 5.91 Å². The summed E-state index contributed by atoms with van der Waals surface area (Å²) < 4.78 is 11.3. The third-order valence-electron chi connectivity index (χ3n) is 4.97. The Kier molecular flexibility index (Phi) is 6.29. The van der Waals surface area contributed by atoms with Crippen LogP contribution in [0.5, 0.6) is 5.75 Å². The van der Waals surface area contributed by atoms with Crippen molar-refractivity contribution in [2.45, 2.75) is 33.0 Å². The maximum absolute atomic E-state index is 12.8. The molecule has 1 fully saturated rings. The van der Waals surface area contributed by atoms with Crippen LogP contribution >= 0.6 is 0 Å². The van der Waals surface area contributed by atoms with E-state index in [2.05, 4.69) is 6.92 Å². The zero-order valence-electron chi connectivity index (χ0n) is 15.6. The average Bonchev–Trinajstić information content (AvgIpc) is 2.69. The zero-order chi connectivity index (χ0) is 18.4. The molecule has 138 valence electrons. The van der Waals surface area contributed by atoms with Crippen molar-refractivity contribution in [3.8, 4) is 5.75 Å². The molecule has 1 aliphatic rings. The Morgan fingerprint density at radius 2 is 1.81 bits per heavy atom. The molecule has 2 aromatic rings. The molecule has 0 atom stereocenters. The van der Waals surface area contributed by atoms with Gasteiger partial charge in [0.15, 0.2) is 0 Å². The minimum absolute atomic E-state index is 0.101. The van der Waals surface area contributed by atoms with Gasteiger partial charge in [0.05, 0.1) is 20.3 Å². The van der Waals surface area contributed by atoms with E-state index in [-0.39, 0.29) is 5.91 Å². The van der Waals surface area contributed by atoms with E-state index in [1.165, 1.54) is 0 Å². The van der Waals surface area contributed by atoms with E-state index in [0.717, 1.165) is 42.8 Å². The van der Waals surface area contributed by atoms with Crippen molar-refractivity contribution in [3.63, 3.8) is 0 Å². The lowest BCUT2D eigenvalue weighted by molar-refractivity contribution is 0.0696. The summed E-state index contributed by atoms with van der Waals surface area (Å²) in [7, 11) is 1.64. The first-order chi connectivity index (χ1) is 12.7. The number of ether oxygens (including phenoxy) is 2. The molecule has 26 heavy (non-hydrogen) atoms. The molecule has 4 heteroatoms. The molecule has 2 aromatic carbocycles. The Hall–Kier alpha value is -2.33. The number of hydrogen-bond donors (Lipinski definition) is 0. The van der Waals surface area contributed by atoms with E-state index >= 15 is 0 Å². The van der Waals surface area contributed by atoms with Crippen molar-refractivity contribution >= 4 is 5.91 Å². The maximum Gasteiger partial charge on any atom is 0.253 e. The molecular formula is C22H27NO3. The molecule has 0 bridgehead atoms. The number of carbonyl (C=O) groups excluding carboxylic acids is 1. The Labute approximate surface area is 155 Å². The number of carbonyl (C=O) groups is 1. The highest BCUT2D eigenvalue weighted by Crippen LogP contribution is 2.24. The molecule has 0 unspecified atom stereocenters. The number of likely N-dealkylation sites (tertiary alicyclic amines) is 1. The third-order valence-corrected chi connectivity index (χ3v) is 4.97. The molecule has 0 aromatic heterocycles. The van der Waals surface area contributed by atoms with Crippen LogP contribution in [-0.4, -0.2) is 31.0 Å². The maximum atomic E-state index is 12.8. The number of hydrogen-bond acceptors (Lipinski definition) is 3. The first-order valence-corrected chi connectivity index (χ1v) is 9.25. The Balaban J connectivity index is 1.66. The molecule has 0 radical (unpaired) electrons. The number of nitrogens with zero attached hydrogens (tertiary/aromatic N) is 1. The van der Waals surface area contributed by atoms with Gasteiger partial charge in [0, 0.05) is 24.2 Å². The van der Waals surface area contributed by atoms with Crippen LogP contribution < -0.4 is 4.74 Å². The summed E-state index contributed by atoms with van der Waals surface area (Å²) in [5.74, 6) is 1.56. The van der Waals surface area contributed by atoms with E-state index in [4.69, 9.17) is 9.47 Å². The van der Waals surface area contributed by atoms with Gasteiger partial charge in [-0.2, -0.15) is 0 Å². The normalized spacial score (nSPS) is 15.1. The molecule has 1 heterocycles. The Bertz CT molecular complexity index is 721. The van der Waals surface area contributed by atoms with E-state index in [1.54, 1.807) is 7.11 Å². The quantitative estimate of drug-likeness (QED) is 0.778.